The highest BCUT2D eigenvalue weighted by Crippen LogP contribution is 2.15. The fourth-order valence-electron chi connectivity index (χ4n) is 0.622. The molecule has 0 aromatic heterocycles. The van der Waals surface area contributed by atoms with Crippen LogP contribution in [-0.4, -0.2) is 5.21 Å². The second kappa shape index (κ2) is 2.53. The van der Waals surface area contributed by atoms with Gasteiger partial charge < -0.3 is 5.73 Å². The Bertz CT molecular complexity index is 239. The van der Waals surface area contributed by atoms with Crippen LogP contribution in [-0.2, 0) is 0 Å². The summed E-state index contributed by atoms with van der Waals surface area (Å²) >= 11 is 0. The standard InChI is InChI=1S/C6H7FN2O/c7-5-3-4(8)1-2-6(5)9-10/h1-3,9-10H,8H2. The lowest BCUT2D eigenvalue weighted by molar-refractivity contribution is 0.384. The highest BCUT2D eigenvalue weighted by atomic mass is 19.1. The fourth-order valence-corrected chi connectivity index (χ4v) is 0.622. The van der Waals surface area contributed by atoms with Crippen LogP contribution in [0.15, 0.2) is 18.2 Å². The molecule has 0 aliphatic carbocycles. The molecule has 10 heavy (non-hydrogen) atoms. The van der Waals surface area contributed by atoms with Crippen LogP contribution in [0.4, 0.5) is 15.8 Å². The van der Waals surface area contributed by atoms with E-state index in [-0.39, 0.29) is 5.69 Å². The summed E-state index contributed by atoms with van der Waals surface area (Å²) in [4.78, 5) is 0. The predicted octanol–water partition coefficient (Wildman–Crippen LogP) is 1.21. The molecule has 0 saturated carbocycles. The number of nitrogens with one attached hydrogen (secondary N) is 1. The van der Waals surface area contributed by atoms with Crippen molar-refractivity contribution >= 4 is 11.4 Å². The fraction of sp³-hybridized carbons (Fsp3) is 0. The lowest BCUT2D eigenvalue weighted by atomic mass is 10.3. The average Bonchev–Trinajstić information content (AvgIpc) is 1.88. The van der Waals surface area contributed by atoms with Gasteiger partial charge in [-0.25, -0.2) is 4.39 Å². The van der Waals surface area contributed by atoms with Gasteiger partial charge in [-0.1, -0.05) is 0 Å². The predicted molar refractivity (Wildman–Crippen MR) is 36.2 cm³/mol. The summed E-state index contributed by atoms with van der Waals surface area (Å²) < 4.78 is 12.5. The Labute approximate surface area is 57.2 Å². The molecule has 4 heteroatoms. The van der Waals surface area contributed by atoms with Crippen molar-refractivity contribution in [1.29, 1.82) is 0 Å². The normalized spacial score (nSPS) is 9.40. The van der Waals surface area contributed by atoms with Crippen LogP contribution >= 0.6 is 0 Å². The van der Waals surface area contributed by atoms with E-state index < -0.39 is 5.82 Å². The van der Waals surface area contributed by atoms with Crippen LogP contribution in [0.5, 0.6) is 0 Å². The van der Waals surface area contributed by atoms with Crippen molar-refractivity contribution in [2.75, 3.05) is 11.2 Å². The maximum atomic E-state index is 12.5. The minimum atomic E-state index is -0.567. The molecule has 0 heterocycles. The lowest BCUT2D eigenvalue weighted by Gasteiger charge is -1.99. The number of hydrogen-bond acceptors (Lipinski definition) is 3. The summed E-state index contributed by atoms with van der Waals surface area (Å²) in [5, 5.41) is 8.28. The van der Waals surface area contributed by atoms with Gasteiger partial charge in [0.2, 0.25) is 0 Å². The van der Waals surface area contributed by atoms with Gasteiger partial charge in [0.25, 0.3) is 0 Å². The largest absolute Gasteiger partial charge is 0.399 e. The van der Waals surface area contributed by atoms with Gasteiger partial charge >= 0.3 is 0 Å². The van der Waals surface area contributed by atoms with Crippen LogP contribution in [0.3, 0.4) is 0 Å². The van der Waals surface area contributed by atoms with E-state index in [1.807, 2.05) is 0 Å². The van der Waals surface area contributed by atoms with E-state index >= 15 is 0 Å². The zero-order valence-corrected chi connectivity index (χ0v) is 5.13. The Morgan fingerprint density at radius 2 is 2.20 bits per heavy atom. The summed E-state index contributed by atoms with van der Waals surface area (Å²) in [6, 6.07) is 3.96. The summed E-state index contributed by atoms with van der Waals surface area (Å²) in [5.41, 5.74) is 7.28. The van der Waals surface area contributed by atoms with Crippen LogP contribution in [0.1, 0.15) is 0 Å². The van der Waals surface area contributed by atoms with Crippen LogP contribution in [0.2, 0.25) is 0 Å². The van der Waals surface area contributed by atoms with Crippen LogP contribution < -0.4 is 11.2 Å². The molecule has 1 aromatic carbocycles. The SMILES string of the molecule is Nc1ccc(NO)c(F)c1. The third-order valence-electron chi connectivity index (χ3n) is 1.11. The van der Waals surface area contributed by atoms with Gasteiger partial charge in [-0.05, 0) is 18.2 Å². The zero-order valence-electron chi connectivity index (χ0n) is 5.13. The van der Waals surface area contributed by atoms with Crippen molar-refractivity contribution < 1.29 is 9.60 Å². The van der Waals surface area contributed by atoms with Crippen molar-refractivity contribution in [2.24, 2.45) is 0 Å². The second-order valence-electron chi connectivity index (χ2n) is 1.85. The minimum absolute atomic E-state index is 0.0224. The maximum absolute atomic E-state index is 12.5. The zero-order chi connectivity index (χ0) is 7.56. The summed E-state index contributed by atoms with van der Waals surface area (Å²) in [5.74, 6) is -0.567. The lowest BCUT2D eigenvalue weighted by Crippen LogP contribution is -1.94. The number of nitrogen functional groups attached to an aromatic ring is 1. The summed E-state index contributed by atoms with van der Waals surface area (Å²) in [6.07, 6.45) is 0. The molecule has 0 unspecified atom stereocenters. The first-order chi connectivity index (χ1) is 4.74. The highest BCUT2D eigenvalue weighted by Gasteiger charge is 1.98. The molecule has 54 valence electrons. The van der Waals surface area contributed by atoms with Crippen molar-refractivity contribution in [2.45, 2.75) is 0 Å². The Balaban J connectivity index is 3.07. The monoisotopic (exact) mass is 142 g/mol. The summed E-state index contributed by atoms with van der Waals surface area (Å²) in [6.45, 7) is 0. The van der Waals surface area contributed by atoms with Gasteiger partial charge in [-0.3, -0.25) is 10.7 Å². The van der Waals surface area contributed by atoms with Gasteiger partial charge in [0, 0.05) is 5.69 Å². The van der Waals surface area contributed by atoms with Gasteiger partial charge in [0.05, 0.1) is 5.69 Å². The van der Waals surface area contributed by atoms with E-state index in [1.54, 1.807) is 5.48 Å². The van der Waals surface area contributed by atoms with Crippen molar-refractivity contribution in [3.8, 4) is 0 Å². The third kappa shape index (κ3) is 1.16. The average molecular weight is 142 g/mol. The second-order valence-corrected chi connectivity index (χ2v) is 1.85. The number of rotatable bonds is 1. The van der Waals surface area contributed by atoms with Crippen molar-refractivity contribution in [3.05, 3.63) is 24.0 Å². The Kier molecular flexibility index (Phi) is 1.73. The number of benzene rings is 1. The number of nitrogens with two attached hydrogens (primary N) is 1. The first-order valence-corrected chi connectivity index (χ1v) is 2.69. The Morgan fingerprint density at radius 3 is 2.70 bits per heavy atom. The van der Waals surface area contributed by atoms with E-state index in [0.29, 0.717) is 5.69 Å². The molecule has 1 rings (SSSR count). The third-order valence-corrected chi connectivity index (χ3v) is 1.11. The molecule has 0 saturated heterocycles. The van der Waals surface area contributed by atoms with Crippen molar-refractivity contribution in [1.82, 2.24) is 0 Å². The first-order valence-electron chi connectivity index (χ1n) is 2.69. The summed E-state index contributed by atoms with van der Waals surface area (Å²) in [7, 11) is 0. The maximum Gasteiger partial charge on any atom is 0.150 e. The highest BCUT2D eigenvalue weighted by molar-refractivity contribution is 5.51. The van der Waals surface area contributed by atoms with Crippen LogP contribution in [0, 0.1) is 5.82 Å². The van der Waals surface area contributed by atoms with Gasteiger partial charge in [-0.2, -0.15) is 0 Å². The Morgan fingerprint density at radius 1 is 1.50 bits per heavy atom. The molecule has 4 N–H and O–H groups in total. The molecule has 0 amide bonds. The molecule has 1 aromatic rings. The van der Waals surface area contributed by atoms with Gasteiger partial charge in [-0.15, -0.1) is 0 Å². The number of anilines is 2. The molecule has 0 aliphatic heterocycles. The van der Waals surface area contributed by atoms with E-state index in [0.717, 1.165) is 6.07 Å². The molecule has 3 nitrogen and oxygen atoms in total. The molecular formula is C6H7FN2O. The molecule has 0 bridgehead atoms. The minimum Gasteiger partial charge on any atom is -0.399 e. The number of hydrogen-bond donors (Lipinski definition) is 3. The van der Waals surface area contributed by atoms with E-state index in [9.17, 15) is 4.39 Å². The number of halogens is 1. The Hall–Kier alpha value is -1.29. The van der Waals surface area contributed by atoms with Crippen LogP contribution in [0.25, 0.3) is 0 Å². The molecule has 0 radical (unpaired) electrons. The molecule has 0 atom stereocenters. The molecular weight excluding hydrogens is 135 g/mol. The molecule has 0 aliphatic rings. The first kappa shape index (κ1) is 6.82. The van der Waals surface area contributed by atoms with Gasteiger partial charge in [0.1, 0.15) is 0 Å². The molecule has 0 fully saturated rings. The quantitative estimate of drug-likeness (QED) is 0.408. The van der Waals surface area contributed by atoms with Gasteiger partial charge in [0.15, 0.2) is 5.82 Å². The van der Waals surface area contributed by atoms with E-state index in [1.165, 1.54) is 12.1 Å². The topological polar surface area (TPSA) is 58.3 Å². The molecule has 0 spiro atoms. The van der Waals surface area contributed by atoms with Crippen molar-refractivity contribution in [3.63, 3.8) is 0 Å². The van der Waals surface area contributed by atoms with E-state index in [2.05, 4.69) is 0 Å². The smallest absolute Gasteiger partial charge is 0.150 e. The van der Waals surface area contributed by atoms with E-state index in [4.69, 9.17) is 10.9 Å².